The fourth-order valence-electron chi connectivity index (χ4n) is 4.14. The van der Waals surface area contributed by atoms with Crippen LogP contribution in [0.2, 0.25) is 0 Å². The molecule has 1 aromatic carbocycles. The Hall–Kier alpha value is -2.47. The van der Waals surface area contributed by atoms with Gasteiger partial charge in [0.25, 0.3) is 0 Å². The summed E-state index contributed by atoms with van der Waals surface area (Å²) >= 11 is 5.60. The number of rotatable bonds is 4. The van der Waals surface area contributed by atoms with Crippen LogP contribution in [0.4, 0.5) is 11.4 Å². The van der Waals surface area contributed by atoms with E-state index in [2.05, 4.69) is 21.7 Å². The van der Waals surface area contributed by atoms with E-state index < -0.39 is 0 Å². The lowest BCUT2D eigenvalue weighted by Gasteiger charge is -2.32. The number of pyridine rings is 1. The lowest BCUT2D eigenvalue weighted by molar-refractivity contribution is -0.117. The van der Waals surface area contributed by atoms with Gasteiger partial charge in [-0.2, -0.15) is 0 Å². The average Bonchev–Trinajstić information content (AvgIpc) is 3.33. The standard InChI is InChI=1S/C21H24N4OS/c26-19-6-4-14-25(19)18-9-7-17(8-10-18)23-20(27)24-21(11-1-2-12-21)16-5-3-13-22-15-16/h3,5,7-10,13,15H,1-2,4,6,11-12,14H2,(H2,23,24,27). The maximum atomic E-state index is 11.9. The van der Waals surface area contributed by atoms with Crippen LogP contribution in [-0.4, -0.2) is 22.5 Å². The molecule has 0 unspecified atom stereocenters. The molecule has 1 saturated heterocycles. The smallest absolute Gasteiger partial charge is 0.227 e. The molecule has 1 aromatic heterocycles. The molecule has 1 aliphatic heterocycles. The molecule has 140 valence electrons. The molecule has 0 bridgehead atoms. The Morgan fingerprint density at radius 3 is 2.52 bits per heavy atom. The van der Waals surface area contributed by atoms with Gasteiger partial charge in [-0.15, -0.1) is 0 Å². The van der Waals surface area contributed by atoms with Gasteiger partial charge in [0, 0.05) is 36.7 Å². The molecule has 1 aliphatic carbocycles. The van der Waals surface area contributed by atoms with E-state index in [1.807, 2.05) is 41.4 Å². The first-order valence-corrected chi connectivity index (χ1v) is 9.97. The van der Waals surface area contributed by atoms with Crippen molar-refractivity contribution in [1.82, 2.24) is 10.3 Å². The van der Waals surface area contributed by atoms with Gasteiger partial charge in [0.2, 0.25) is 5.91 Å². The van der Waals surface area contributed by atoms with Crippen LogP contribution in [-0.2, 0) is 10.3 Å². The highest BCUT2D eigenvalue weighted by molar-refractivity contribution is 7.80. The molecule has 2 aromatic rings. The van der Waals surface area contributed by atoms with Crippen molar-refractivity contribution in [2.24, 2.45) is 0 Å². The number of amides is 1. The van der Waals surface area contributed by atoms with Gasteiger partial charge in [-0.3, -0.25) is 9.78 Å². The number of carbonyl (C=O) groups is 1. The van der Waals surface area contributed by atoms with Crippen LogP contribution in [0, 0.1) is 0 Å². The van der Waals surface area contributed by atoms with Gasteiger partial charge >= 0.3 is 0 Å². The molecule has 1 amide bonds. The van der Waals surface area contributed by atoms with Crippen LogP contribution in [0.5, 0.6) is 0 Å². The molecule has 5 nitrogen and oxygen atoms in total. The number of hydrogen-bond acceptors (Lipinski definition) is 3. The van der Waals surface area contributed by atoms with Gasteiger partial charge in [-0.25, -0.2) is 0 Å². The summed E-state index contributed by atoms with van der Waals surface area (Å²) in [7, 11) is 0. The summed E-state index contributed by atoms with van der Waals surface area (Å²) in [5.74, 6) is 0.201. The van der Waals surface area contributed by atoms with Crippen molar-refractivity contribution < 1.29 is 4.79 Å². The number of thiocarbonyl (C=S) groups is 1. The molecule has 0 radical (unpaired) electrons. The van der Waals surface area contributed by atoms with Crippen LogP contribution in [0.1, 0.15) is 44.1 Å². The van der Waals surface area contributed by atoms with Gasteiger partial charge < -0.3 is 15.5 Å². The van der Waals surface area contributed by atoms with Crippen LogP contribution in [0.3, 0.4) is 0 Å². The SMILES string of the molecule is O=C1CCCN1c1ccc(NC(=S)NC2(c3cccnc3)CCCC2)cc1. The summed E-state index contributed by atoms with van der Waals surface area (Å²) in [6.45, 7) is 0.805. The van der Waals surface area contributed by atoms with E-state index in [1.54, 1.807) is 6.20 Å². The normalized spacial score (nSPS) is 18.5. The van der Waals surface area contributed by atoms with E-state index in [0.29, 0.717) is 11.5 Å². The zero-order chi connectivity index (χ0) is 18.7. The first kappa shape index (κ1) is 17.9. The average molecular weight is 381 g/mol. The molecule has 0 atom stereocenters. The topological polar surface area (TPSA) is 57.3 Å². The Morgan fingerprint density at radius 2 is 1.89 bits per heavy atom. The van der Waals surface area contributed by atoms with Crippen LogP contribution in [0.25, 0.3) is 0 Å². The van der Waals surface area contributed by atoms with Crippen LogP contribution >= 0.6 is 12.2 Å². The van der Waals surface area contributed by atoms with E-state index in [0.717, 1.165) is 37.2 Å². The predicted molar refractivity (Wildman–Crippen MR) is 112 cm³/mol. The van der Waals surface area contributed by atoms with Crippen LogP contribution < -0.4 is 15.5 Å². The maximum absolute atomic E-state index is 11.9. The number of hydrogen-bond donors (Lipinski definition) is 2. The Kier molecular flexibility index (Phi) is 5.07. The minimum Gasteiger partial charge on any atom is -0.353 e. The van der Waals surface area contributed by atoms with Crippen LogP contribution in [0.15, 0.2) is 48.8 Å². The molecule has 2 N–H and O–H groups in total. The highest BCUT2D eigenvalue weighted by atomic mass is 32.1. The maximum Gasteiger partial charge on any atom is 0.227 e. The first-order valence-electron chi connectivity index (χ1n) is 9.56. The van der Waals surface area contributed by atoms with E-state index in [9.17, 15) is 4.79 Å². The third-order valence-electron chi connectivity index (χ3n) is 5.53. The van der Waals surface area contributed by atoms with Gasteiger partial charge in [0.1, 0.15) is 0 Å². The van der Waals surface area contributed by atoms with Gasteiger partial charge in [-0.1, -0.05) is 18.9 Å². The number of nitrogens with zero attached hydrogens (tertiary/aromatic N) is 2. The Labute approximate surface area is 165 Å². The van der Waals surface area contributed by atoms with Crippen molar-refractivity contribution in [3.8, 4) is 0 Å². The molecule has 2 aliphatic rings. The molecular formula is C21H24N4OS. The van der Waals surface area contributed by atoms with Crippen molar-refractivity contribution in [1.29, 1.82) is 0 Å². The van der Waals surface area contributed by atoms with Gasteiger partial charge in [0.15, 0.2) is 5.11 Å². The number of anilines is 2. The molecule has 1 saturated carbocycles. The zero-order valence-corrected chi connectivity index (χ0v) is 16.1. The molecular weight excluding hydrogens is 356 g/mol. The molecule has 2 heterocycles. The summed E-state index contributed by atoms with van der Waals surface area (Å²) in [5.41, 5.74) is 2.92. The highest BCUT2D eigenvalue weighted by Crippen LogP contribution is 2.38. The lowest BCUT2D eigenvalue weighted by atomic mass is 9.89. The Morgan fingerprint density at radius 1 is 1.11 bits per heavy atom. The third kappa shape index (κ3) is 3.81. The molecule has 6 heteroatoms. The fourth-order valence-corrected chi connectivity index (χ4v) is 4.45. The zero-order valence-electron chi connectivity index (χ0n) is 15.3. The van der Waals surface area contributed by atoms with E-state index in [1.165, 1.54) is 18.4 Å². The summed E-state index contributed by atoms with van der Waals surface area (Å²) in [6.07, 6.45) is 9.78. The van der Waals surface area contributed by atoms with Crippen molar-refractivity contribution in [2.45, 2.75) is 44.1 Å². The molecule has 0 spiro atoms. The van der Waals surface area contributed by atoms with Crippen molar-refractivity contribution in [3.05, 3.63) is 54.4 Å². The van der Waals surface area contributed by atoms with Crippen molar-refractivity contribution in [2.75, 3.05) is 16.8 Å². The van der Waals surface area contributed by atoms with E-state index >= 15 is 0 Å². The highest BCUT2D eigenvalue weighted by Gasteiger charge is 2.36. The third-order valence-corrected chi connectivity index (χ3v) is 5.74. The summed E-state index contributed by atoms with van der Waals surface area (Å²) < 4.78 is 0. The minimum absolute atomic E-state index is 0.139. The number of aromatic nitrogens is 1. The Balaban J connectivity index is 1.43. The van der Waals surface area contributed by atoms with E-state index in [-0.39, 0.29) is 11.4 Å². The second-order valence-electron chi connectivity index (χ2n) is 7.31. The lowest BCUT2D eigenvalue weighted by Crippen LogP contribution is -2.45. The summed E-state index contributed by atoms with van der Waals surface area (Å²) in [5, 5.41) is 7.45. The first-order chi connectivity index (χ1) is 13.2. The summed E-state index contributed by atoms with van der Waals surface area (Å²) in [4.78, 5) is 18.0. The van der Waals surface area contributed by atoms with Gasteiger partial charge in [-0.05, 0) is 67.4 Å². The summed E-state index contributed by atoms with van der Waals surface area (Å²) in [6, 6.07) is 12.0. The second kappa shape index (κ2) is 7.64. The monoisotopic (exact) mass is 380 g/mol. The Bertz CT molecular complexity index is 816. The second-order valence-corrected chi connectivity index (χ2v) is 7.71. The predicted octanol–water partition coefficient (Wildman–Crippen LogP) is 3.96. The fraction of sp³-hybridized carbons (Fsp3) is 0.381. The van der Waals surface area contributed by atoms with E-state index in [4.69, 9.17) is 12.2 Å². The number of benzene rings is 1. The molecule has 27 heavy (non-hydrogen) atoms. The molecule has 4 rings (SSSR count). The van der Waals surface area contributed by atoms with Gasteiger partial charge in [0.05, 0.1) is 5.54 Å². The minimum atomic E-state index is -0.139. The number of carbonyl (C=O) groups excluding carboxylic acids is 1. The van der Waals surface area contributed by atoms with Crippen molar-refractivity contribution >= 4 is 34.6 Å². The van der Waals surface area contributed by atoms with Crippen molar-refractivity contribution in [3.63, 3.8) is 0 Å². The largest absolute Gasteiger partial charge is 0.353 e. The molecule has 2 fully saturated rings. The number of nitrogens with one attached hydrogen (secondary N) is 2. The quantitative estimate of drug-likeness (QED) is 0.786.